The Labute approximate surface area is 179 Å². The van der Waals surface area contributed by atoms with Gasteiger partial charge in [0.25, 0.3) is 0 Å². The Hall–Kier alpha value is -2.89. The molecule has 1 radical (unpaired) electrons. The number of rotatable bonds is 10. The minimum absolute atomic E-state index is 0.121. The van der Waals surface area contributed by atoms with E-state index in [2.05, 4.69) is 6.42 Å². The molecule has 30 heavy (non-hydrogen) atoms. The largest absolute Gasteiger partial charge is 0.496 e. The first-order valence-corrected chi connectivity index (χ1v) is 9.82. The summed E-state index contributed by atoms with van der Waals surface area (Å²) in [6.07, 6.45) is 3.67. The van der Waals surface area contributed by atoms with Crippen molar-refractivity contribution in [3.05, 3.63) is 53.9 Å². The van der Waals surface area contributed by atoms with Crippen molar-refractivity contribution < 1.29 is 28.5 Å². The molecule has 0 saturated carbocycles. The molecule has 0 aliphatic heterocycles. The van der Waals surface area contributed by atoms with E-state index < -0.39 is 11.6 Å². The van der Waals surface area contributed by atoms with Gasteiger partial charge in [-0.1, -0.05) is 12.1 Å². The smallest absolute Gasteiger partial charge is 0.344 e. The quantitative estimate of drug-likeness (QED) is 0.528. The zero-order valence-corrected chi connectivity index (χ0v) is 18.6. The maximum atomic E-state index is 11.8. The van der Waals surface area contributed by atoms with Gasteiger partial charge in [-0.3, -0.25) is 0 Å². The van der Waals surface area contributed by atoms with Crippen molar-refractivity contribution in [2.75, 3.05) is 27.9 Å². The predicted molar refractivity (Wildman–Crippen MR) is 116 cm³/mol. The van der Waals surface area contributed by atoms with Crippen LogP contribution < -0.4 is 18.9 Å². The molecule has 0 unspecified atom stereocenters. The van der Waals surface area contributed by atoms with Gasteiger partial charge in [0.05, 0.1) is 21.3 Å². The Kier molecular flexibility index (Phi) is 8.39. The highest BCUT2D eigenvalue weighted by atomic mass is 16.6. The lowest BCUT2D eigenvalue weighted by atomic mass is 10.0. The SMILES string of the molecule is COc1cc(OC)c(OC)cc1CC[CH]c1cccc(OCC(=O)OC(C)(C)C)c1. The maximum absolute atomic E-state index is 11.8. The second kappa shape index (κ2) is 10.8. The van der Waals surface area contributed by atoms with E-state index in [9.17, 15) is 4.79 Å². The Morgan fingerprint density at radius 3 is 2.23 bits per heavy atom. The molecule has 0 N–H and O–H groups in total. The molecule has 0 aliphatic rings. The third kappa shape index (κ3) is 7.17. The van der Waals surface area contributed by atoms with E-state index in [0.717, 1.165) is 29.7 Å². The lowest BCUT2D eigenvalue weighted by Gasteiger charge is -2.19. The fourth-order valence-electron chi connectivity index (χ4n) is 2.93. The van der Waals surface area contributed by atoms with Crippen LogP contribution >= 0.6 is 0 Å². The number of esters is 1. The highest BCUT2D eigenvalue weighted by Crippen LogP contribution is 2.35. The first kappa shape index (κ1) is 23.4. The minimum Gasteiger partial charge on any atom is -0.496 e. The van der Waals surface area contributed by atoms with Crippen LogP contribution in [-0.4, -0.2) is 39.5 Å². The van der Waals surface area contributed by atoms with Gasteiger partial charge >= 0.3 is 5.97 Å². The van der Waals surface area contributed by atoms with Gasteiger partial charge in [0.1, 0.15) is 17.1 Å². The van der Waals surface area contributed by atoms with E-state index in [1.165, 1.54) is 0 Å². The van der Waals surface area contributed by atoms with Gasteiger partial charge in [-0.25, -0.2) is 4.79 Å². The first-order valence-electron chi connectivity index (χ1n) is 9.82. The van der Waals surface area contributed by atoms with Crippen molar-refractivity contribution in [3.63, 3.8) is 0 Å². The number of hydrogen-bond donors (Lipinski definition) is 0. The van der Waals surface area contributed by atoms with E-state index in [1.54, 1.807) is 21.3 Å². The zero-order chi connectivity index (χ0) is 22.1. The standard InChI is InChI=1S/C24H31O6/c1-24(2,3)30-23(25)16-29-19-12-8-10-17(13-19)9-7-11-18-14-21(27-5)22(28-6)15-20(18)26-4/h8-10,12-15H,7,11,16H2,1-6H3. The summed E-state index contributed by atoms with van der Waals surface area (Å²) in [4.78, 5) is 11.8. The second-order valence-electron chi connectivity index (χ2n) is 7.71. The summed E-state index contributed by atoms with van der Waals surface area (Å²) in [6.45, 7) is 5.36. The van der Waals surface area contributed by atoms with E-state index in [1.807, 2.05) is 57.2 Å². The van der Waals surface area contributed by atoms with Crippen LogP contribution in [0.5, 0.6) is 23.0 Å². The summed E-state index contributed by atoms with van der Waals surface area (Å²) in [5.41, 5.74) is 1.52. The normalized spacial score (nSPS) is 11.0. The molecule has 6 nitrogen and oxygen atoms in total. The Balaban J connectivity index is 1.94. The van der Waals surface area contributed by atoms with Crippen LogP contribution in [0, 0.1) is 6.42 Å². The highest BCUT2D eigenvalue weighted by molar-refractivity contribution is 5.71. The van der Waals surface area contributed by atoms with Crippen LogP contribution in [0.25, 0.3) is 0 Å². The average molecular weight is 416 g/mol. The third-order valence-electron chi connectivity index (χ3n) is 4.22. The first-order chi connectivity index (χ1) is 14.3. The van der Waals surface area contributed by atoms with Crippen LogP contribution in [0.15, 0.2) is 36.4 Å². The molecule has 0 saturated heterocycles. The molecule has 0 aliphatic carbocycles. The van der Waals surface area contributed by atoms with Gasteiger partial charge in [0.15, 0.2) is 18.1 Å². The highest BCUT2D eigenvalue weighted by Gasteiger charge is 2.16. The van der Waals surface area contributed by atoms with E-state index >= 15 is 0 Å². The van der Waals surface area contributed by atoms with Crippen molar-refractivity contribution >= 4 is 5.97 Å². The second-order valence-corrected chi connectivity index (χ2v) is 7.71. The Morgan fingerprint density at radius 2 is 1.60 bits per heavy atom. The van der Waals surface area contributed by atoms with Gasteiger partial charge in [-0.15, -0.1) is 0 Å². The monoisotopic (exact) mass is 415 g/mol. The summed E-state index contributed by atoms with van der Waals surface area (Å²) in [6, 6.07) is 11.4. The summed E-state index contributed by atoms with van der Waals surface area (Å²) in [5, 5.41) is 0. The summed E-state index contributed by atoms with van der Waals surface area (Å²) < 4.78 is 27.0. The van der Waals surface area contributed by atoms with Crippen LogP contribution in [0.3, 0.4) is 0 Å². The van der Waals surface area contributed by atoms with Crippen molar-refractivity contribution in [2.45, 2.75) is 39.2 Å². The van der Waals surface area contributed by atoms with Crippen molar-refractivity contribution in [1.82, 2.24) is 0 Å². The molecule has 2 aromatic rings. The molecular weight excluding hydrogens is 384 g/mol. The number of benzene rings is 2. The number of aryl methyl sites for hydroxylation is 1. The molecule has 0 amide bonds. The molecule has 2 rings (SSSR count). The molecule has 0 heterocycles. The number of hydrogen-bond acceptors (Lipinski definition) is 6. The summed E-state index contributed by atoms with van der Waals surface area (Å²) in [5.74, 6) is 2.30. The molecule has 0 fully saturated rings. The summed E-state index contributed by atoms with van der Waals surface area (Å²) >= 11 is 0. The van der Waals surface area contributed by atoms with Gasteiger partial charge in [-0.05, 0) is 69.4 Å². The number of ether oxygens (including phenoxy) is 5. The third-order valence-corrected chi connectivity index (χ3v) is 4.22. The average Bonchev–Trinajstić information content (AvgIpc) is 2.71. The van der Waals surface area contributed by atoms with Crippen molar-refractivity contribution in [2.24, 2.45) is 0 Å². The lowest BCUT2D eigenvalue weighted by molar-refractivity contribution is -0.157. The molecular formula is C24H31O6. The van der Waals surface area contributed by atoms with Gasteiger partial charge < -0.3 is 23.7 Å². The van der Waals surface area contributed by atoms with Gasteiger partial charge in [0, 0.05) is 6.07 Å². The number of carbonyl (C=O) groups is 1. The number of carbonyl (C=O) groups excluding carboxylic acids is 1. The van der Waals surface area contributed by atoms with Crippen LogP contribution in [-0.2, 0) is 16.0 Å². The van der Waals surface area contributed by atoms with Crippen molar-refractivity contribution in [3.8, 4) is 23.0 Å². The van der Waals surface area contributed by atoms with Crippen LogP contribution in [0.4, 0.5) is 0 Å². The Bertz CT molecular complexity index is 838. The molecule has 163 valence electrons. The minimum atomic E-state index is -0.527. The van der Waals surface area contributed by atoms with Crippen LogP contribution in [0.1, 0.15) is 38.3 Å². The topological polar surface area (TPSA) is 63.2 Å². The van der Waals surface area contributed by atoms with Crippen molar-refractivity contribution in [1.29, 1.82) is 0 Å². The van der Waals surface area contributed by atoms with E-state index in [0.29, 0.717) is 17.2 Å². The molecule has 6 heteroatoms. The van der Waals surface area contributed by atoms with E-state index in [-0.39, 0.29) is 6.61 Å². The van der Waals surface area contributed by atoms with Crippen LogP contribution in [0.2, 0.25) is 0 Å². The van der Waals surface area contributed by atoms with E-state index in [4.69, 9.17) is 23.7 Å². The maximum Gasteiger partial charge on any atom is 0.344 e. The predicted octanol–water partition coefficient (Wildman–Crippen LogP) is 4.62. The molecule has 0 bridgehead atoms. The molecule has 0 aromatic heterocycles. The number of methoxy groups -OCH3 is 3. The summed E-state index contributed by atoms with van der Waals surface area (Å²) in [7, 11) is 4.85. The fraction of sp³-hybridized carbons (Fsp3) is 0.417. The van der Waals surface area contributed by atoms with Gasteiger partial charge in [-0.2, -0.15) is 0 Å². The molecule has 0 atom stereocenters. The molecule has 2 aromatic carbocycles. The zero-order valence-electron chi connectivity index (χ0n) is 18.6. The molecule has 0 spiro atoms. The fourth-order valence-corrected chi connectivity index (χ4v) is 2.93. The lowest BCUT2D eigenvalue weighted by Crippen LogP contribution is -2.27. The Morgan fingerprint density at radius 1 is 0.933 bits per heavy atom. The van der Waals surface area contributed by atoms with Gasteiger partial charge in [0.2, 0.25) is 0 Å².